The van der Waals surface area contributed by atoms with E-state index in [2.05, 4.69) is 34.2 Å². The second-order valence-corrected chi connectivity index (χ2v) is 13.0. The zero-order valence-corrected chi connectivity index (χ0v) is 25.4. The van der Waals surface area contributed by atoms with Crippen molar-refractivity contribution in [2.24, 2.45) is 0 Å². The van der Waals surface area contributed by atoms with Gasteiger partial charge in [-0.1, -0.05) is 79.7 Å². The molecule has 3 aromatic carbocycles. The molecule has 218 valence electrons. The molecule has 7 nitrogen and oxygen atoms in total. The van der Waals surface area contributed by atoms with Gasteiger partial charge in [0, 0.05) is 29.8 Å². The summed E-state index contributed by atoms with van der Waals surface area (Å²) in [6.07, 6.45) is 2.13. The van der Waals surface area contributed by atoms with Gasteiger partial charge in [0.05, 0.1) is 23.1 Å². The minimum absolute atomic E-state index is 0.192. The number of allylic oxidation sites excluding steroid dienone is 1. The fraction of sp³-hybridized carbons (Fsp3) is 0.364. The lowest BCUT2D eigenvalue weighted by Gasteiger charge is -2.26. The number of benzene rings is 3. The van der Waals surface area contributed by atoms with Gasteiger partial charge >= 0.3 is 5.97 Å². The van der Waals surface area contributed by atoms with Gasteiger partial charge in [-0.3, -0.25) is 0 Å². The molecule has 4 rings (SSSR count). The van der Waals surface area contributed by atoms with Crippen molar-refractivity contribution >= 4 is 16.0 Å². The van der Waals surface area contributed by atoms with Crippen LogP contribution >= 0.6 is 0 Å². The minimum Gasteiger partial charge on any atom is -0.463 e. The van der Waals surface area contributed by atoms with Crippen molar-refractivity contribution in [3.63, 3.8) is 0 Å². The van der Waals surface area contributed by atoms with Crippen molar-refractivity contribution in [1.29, 1.82) is 0 Å². The first-order valence-corrected chi connectivity index (χ1v) is 15.7. The van der Waals surface area contributed by atoms with Crippen LogP contribution in [0.3, 0.4) is 0 Å². The van der Waals surface area contributed by atoms with Crippen molar-refractivity contribution < 1.29 is 17.9 Å². The Morgan fingerprint density at radius 3 is 2.22 bits per heavy atom. The highest BCUT2D eigenvalue weighted by Crippen LogP contribution is 2.31. The summed E-state index contributed by atoms with van der Waals surface area (Å²) in [5, 5.41) is 2.14. The minimum atomic E-state index is -3.72. The van der Waals surface area contributed by atoms with E-state index in [-0.39, 0.29) is 16.9 Å². The van der Waals surface area contributed by atoms with Gasteiger partial charge < -0.3 is 10.2 Å². The molecule has 41 heavy (non-hydrogen) atoms. The topological polar surface area (TPSA) is 87.7 Å². The molecule has 0 radical (unpaired) electrons. The van der Waals surface area contributed by atoms with E-state index in [1.807, 2.05) is 82.3 Å². The normalized spacial score (nSPS) is 16.1. The van der Waals surface area contributed by atoms with Gasteiger partial charge in [-0.25, -0.2) is 22.9 Å². The molecule has 0 amide bonds. The van der Waals surface area contributed by atoms with E-state index in [9.17, 15) is 13.2 Å². The van der Waals surface area contributed by atoms with Crippen LogP contribution < -0.4 is 10.1 Å². The van der Waals surface area contributed by atoms with E-state index in [1.165, 1.54) is 0 Å². The van der Waals surface area contributed by atoms with Crippen molar-refractivity contribution in [2.75, 3.05) is 13.2 Å². The van der Waals surface area contributed by atoms with Gasteiger partial charge in [0.15, 0.2) is 0 Å². The van der Waals surface area contributed by atoms with Gasteiger partial charge in [0.1, 0.15) is 0 Å². The molecule has 1 atom stereocenters. The van der Waals surface area contributed by atoms with Gasteiger partial charge in [0.2, 0.25) is 10.0 Å². The number of ether oxygens (including phenoxy) is 1. The predicted molar refractivity (Wildman–Crippen MR) is 163 cm³/mol. The summed E-state index contributed by atoms with van der Waals surface area (Å²) in [5.41, 5.74) is 8.06. The van der Waals surface area contributed by atoms with E-state index in [1.54, 1.807) is 12.1 Å². The highest BCUT2D eigenvalue weighted by molar-refractivity contribution is 7.89. The van der Waals surface area contributed by atoms with E-state index < -0.39 is 15.6 Å². The van der Waals surface area contributed by atoms with E-state index in [0.29, 0.717) is 30.6 Å². The molecule has 0 aromatic heterocycles. The van der Waals surface area contributed by atoms with Gasteiger partial charge in [-0.2, -0.15) is 0 Å². The fourth-order valence-electron chi connectivity index (χ4n) is 5.18. The number of sulfonamides is 1. The second kappa shape index (κ2) is 13.0. The lowest BCUT2D eigenvalue weighted by Crippen LogP contribution is -2.42. The molecule has 1 aliphatic heterocycles. The quantitative estimate of drug-likeness (QED) is 0.288. The van der Waals surface area contributed by atoms with Crippen molar-refractivity contribution in [3.05, 3.63) is 101 Å². The predicted octanol–water partition coefficient (Wildman–Crippen LogP) is 5.63. The first-order valence-electron chi connectivity index (χ1n) is 14.2. The summed E-state index contributed by atoms with van der Waals surface area (Å²) in [6, 6.07) is 24.9. The number of hydrogen-bond donors (Lipinski definition) is 2. The zero-order valence-electron chi connectivity index (χ0n) is 24.6. The van der Waals surface area contributed by atoms with Crippen LogP contribution in [0.15, 0.2) is 95.0 Å². The smallest absolute Gasteiger partial charge is 0.337 e. The first-order chi connectivity index (χ1) is 19.5. The van der Waals surface area contributed by atoms with Crippen LogP contribution in [0.2, 0.25) is 0 Å². The van der Waals surface area contributed by atoms with Crippen LogP contribution in [0.4, 0.5) is 0 Å². The lowest BCUT2D eigenvalue weighted by molar-refractivity contribution is -0.139. The van der Waals surface area contributed by atoms with Crippen LogP contribution in [-0.2, 0) is 32.4 Å². The number of carbonyl (C=O) groups is 1. The Kier molecular flexibility index (Phi) is 9.68. The Hall–Kier alpha value is -3.46. The number of hydrogen-bond acceptors (Lipinski definition) is 6. The van der Waals surface area contributed by atoms with Crippen LogP contribution in [0.25, 0.3) is 11.1 Å². The lowest BCUT2D eigenvalue weighted by atomic mass is 9.95. The molecule has 0 fully saturated rings. The summed E-state index contributed by atoms with van der Waals surface area (Å²) in [7, 11) is -3.72. The van der Waals surface area contributed by atoms with Crippen LogP contribution in [0.5, 0.6) is 0 Å². The second-order valence-electron chi connectivity index (χ2n) is 11.3. The highest BCUT2D eigenvalue weighted by Gasteiger charge is 2.37. The summed E-state index contributed by atoms with van der Waals surface area (Å²) in [5.74, 6) is -0.295. The molecule has 0 saturated carbocycles. The summed E-state index contributed by atoms with van der Waals surface area (Å²) < 4.78 is 34.6. The monoisotopic (exact) mass is 575 g/mol. The molecule has 1 unspecified atom stereocenters. The molecule has 3 aromatic rings. The molecule has 0 aliphatic carbocycles. The largest absolute Gasteiger partial charge is 0.463 e. The van der Waals surface area contributed by atoms with Crippen molar-refractivity contribution in [2.45, 2.75) is 70.4 Å². The standard InChI is InChI=1S/C33H41N3O4S/c1-6-21-36-29(31(32(37)40-7-2)28(34-36)22-24-13-9-8-10-14-24)23-25-17-19-26(20-18-25)27-15-11-12-16-30(27)41(38,39)35-33(3,4)5/h8-20,29,34-35H,6-7,21-23H2,1-5H3. The van der Waals surface area contributed by atoms with E-state index >= 15 is 0 Å². The molecule has 1 heterocycles. The molecule has 8 heteroatoms. The third-order valence-corrected chi connectivity index (χ3v) is 8.62. The number of esters is 1. The van der Waals surface area contributed by atoms with Gasteiger partial charge in [-0.05, 0) is 63.3 Å². The number of nitrogens with one attached hydrogen (secondary N) is 2. The molecule has 0 saturated heterocycles. The number of hydrazine groups is 1. The molecule has 2 N–H and O–H groups in total. The number of rotatable bonds is 11. The van der Waals surface area contributed by atoms with Crippen LogP contribution in [0.1, 0.15) is 52.2 Å². The fourth-order valence-corrected chi connectivity index (χ4v) is 6.83. The Morgan fingerprint density at radius 2 is 1.59 bits per heavy atom. The Labute approximate surface area is 244 Å². The molecule has 0 spiro atoms. The SMILES string of the molecule is CCCN1NC(Cc2ccccc2)=C(C(=O)OCC)C1Cc1ccc(-c2ccccc2S(=O)(=O)NC(C)(C)C)cc1. The Balaban J connectivity index is 1.65. The summed E-state index contributed by atoms with van der Waals surface area (Å²) in [6.45, 7) is 10.5. The van der Waals surface area contributed by atoms with E-state index in [4.69, 9.17) is 4.74 Å². The summed E-state index contributed by atoms with van der Waals surface area (Å²) >= 11 is 0. The number of nitrogens with zero attached hydrogens (tertiary/aromatic N) is 1. The van der Waals surface area contributed by atoms with Crippen LogP contribution in [-0.4, -0.2) is 44.1 Å². The third kappa shape index (κ3) is 7.64. The first kappa shape index (κ1) is 30.5. The average Bonchev–Trinajstić information content (AvgIpc) is 3.24. The van der Waals surface area contributed by atoms with Gasteiger partial charge in [0.25, 0.3) is 0 Å². The number of carbonyl (C=O) groups excluding carboxylic acids is 1. The highest BCUT2D eigenvalue weighted by atomic mass is 32.2. The summed E-state index contributed by atoms with van der Waals surface area (Å²) in [4.78, 5) is 13.5. The average molecular weight is 576 g/mol. The van der Waals surface area contributed by atoms with E-state index in [0.717, 1.165) is 35.4 Å². The Morgan fingerprint density at radius 1 is 0.927 bits per heavy atom. The maximum atomic E-state index is 13.3. The maximum Gasteiger partial charge on any atom is 0.337 e. The molecule has 1 aliphatic rings. The molecular formula is C33H41N3O4S. The van der Waals surface area contributed by atoms with Crippen LogP contribution in [0, 0.1) is 0 Å². The van der Waals surface area contributed by atoms with Gasteiger partial charge in [-0.15, -0.1) is 0 Å². The zero-order chi connectivity index (χ0) is 29.6. The van der Waals surface area contributed by atoms with Crippen molar-refractivity contribution in [3.8, 4) is 11.1 Å². The maximum absolute atomic E-state index is 13.3. The third-order valence-electron chi connectivity index (χ3n) is 6.81. The Bertz CT molecular complexity index is 1480. The van der Waals surface area contributed by atoms with Crippen molar-refractivity contribution in [1.82, 2.24) is 15.2 Å². The molecular weight excluding hydrogens is 534 g/mol. The molecule has 0 bridgehead atoms.